The summed E-state index contributed by atoms with van der Waals surface area (Å²) in [7, 11) is 0. The van der Waals surface area contributed by atoms with Crippen molar-refractivity contribution in [2.75, 3.05) is 18.1 Å². The molecule has 0 aliphatic carbocycles. The topological polar surface area (TPSA) is 63.7 Å². The van der Waals surface area contributed by atoms with Crippen LogP contribution in [0, 0.1) is 19.8 Å². The van der Waals surface area contributed by atoms with Crippen molar-refractivity contribution in [1.29, 1.82) is 0 Å². The van der Waals surface area contributed by atoms with Gasteiger partial charge in [-0.15, -0.1) is 0 Å². The van der Waals surface area contributed by atoms with E-state index in [-0.39, 0.29) is 31.3 Å². The maximum absolute atomic E-state index is 12.4. The van der Waals surface area contributed by atoms with Crippen LogP contribution in [0.3, 0.4) is 0 Å². The standard InChI is InChI=1S/C21H20ClNO4/c1-13-3-8-18(14(2)9-13)23-11-16(10-20(23)25)21(26)27-12-19(24)15-4-6-17(22)7-5-15/h3-9,16H,10-12H2,1-2H3/t16-/m0/s1. The summed E-state index contributed by atoms with van der Waals surface area (Å²) >= 11 is 5.79. The molecule has 1 atom stereocenters. The lowest BCUT2D eigenvalue weighted by molar-refractivity contribution is -0.147. The Labute approximate surface area is 162 Å². The first-order chi connectivity index (χ1) is 12.8. The molecule has 6 heteroatoms. The van der Waals surface area contributed by atoms with Gasteiger partial charge >= 0.3 is 5.97 Å². The molecule has 0 bridgehead atoms. The number of benzene rings is 2. The second kappa shape index (κ2) is 7.92. The molecule has 27 heavy (non-hydrogen) atoms. The molecule has 0 saturated carbocycles. The average Bonchev–Trinajstić information content (AvgIpc) is 3.01. The maximum atomic E-state index is 12.4. The lowest BCUT2D eigenvalue weighted by Gasteiger charge is -2.19. The average molecular weight is 386 g/mol. The second-order valence-electron chi connectivity index (χ2n) is 6.73. The number of ether oxygens (including phenoxy) is 1. The molecule has 0 radical (unpaired) electrons. The Morgan fingerprint density at radius 1 is 1.15 bits per heavy atom. The zero-order chi connectivity index (χ0) is 19.6. The molecule has 3 rings (SSSR count). The lowest BCUT2D eigenvalue weighted by Crippen LogP contribution is -2.27. The fraction of sp³-hybridized carbons (Fsp3) is 0.286. The molecule has 0 spiro atoms. The Morgan fingerprint density at radius 2 is 1.85 bits per heavy atom. The van der Waals surface area contributed by atoms with E-state index in [2.05, 4.69) is 0 Å². The van der Waals surface area contributed by atoms with E-state index in [4.69, 9.17) is 16.3 Å². The minimum Gasteiger partial charge on any atom is -0.457 e. The number of aryl methyl sites for hydroxylation is 2. The third-order valence-corrected chi connectivity index (χ3v) is 4.87. The highest BCUT2D eigenvalue weighted by atomic mass is 35.5. The lowest BCUT2D eigenvalue weighted by atomic mass is 10.1. The van der Waals surface area contributed by atoms with Gasteiger partial charge in [0.25, 0.3) is 0 Å². The number of esters is 1. The highest BCUT2D eigenvalue weighted by Crippen LogP contribution is 2.29. The molecule has 1 amide bonds. The van der Waals surface area contributed by atoms with E-state index in [1.807, 2.05) is 32.0 Å². The van der Waals surface area contributed by atoms with Crippen LogP contribution in [0.4, 0.5) is 5.69 Å². The van der Waals surface area contributed by atoms with Crippen LogP contribution in [0.5, 0.6) is 0 Å². The molecule has 1 saturated heterocycles. The molecular weight excluding hydrogens is 366 g/mol. The number of carbonyl (C=O) groups excluding carboxylic acids is 3. The molecule has 1 aliphatic heterocycles. The molecule has 0 aromatic heterocycles. The summed E-state index contributed by atoms with van der Waals surface area (Å²) in [6.45, 7) is 3.83. The summed E-state index contributed by atoms with van der Waals surface area (Å²) in [6, 6.07) is 12.2. The Morgan fingerprint density at radius 3 is 2.52 bits per heavy atom. The number of anilines is 1. The van der Waals surface area contributed by atoms with Crippen molar-refractivity contribution in [3.05, 3.63) is 64.2 Å². The Bertz CT molecular complexity index is 892. The molecule has 1 fully saturated rings. The van der Waals surface area contributed by atoms with Crippen LogP contribution in [-0.2, 0) is 14.3 Å². The summed E-state index contributed by atoms with van der Waals surface area (Å²) in [6.07, 6.45) is 0.0846. The van der Waals surface area contributed by atoms with Gasteiger partial charge in [-0.1, -0.05) is 29.3 Å². The zero-order valence-electron chi connectivity index (χ0n) is 15.2. The number of hydrogen-bond donors (Lipinski definition) is 0. The predicted molar refractivity (Wildman–Crippen MR) is 103 cm³/mol. The third-order valence-electron chi connectivity index (χ3n) is 4.61. The quantitative estimate of drug-likeness (QED) is 0.581. The first-order valence-corrected chi connectivity index (χ1v) is 9.06. The summed E-state index contributed by atoms with van der Waals surface area (Å²) in [4.78, 5) is 38.4. The molecule has 0 N–H and O–H groups in total. The molecule has 1 aliphatic rings. The zero-order valence-corrected chi connectivity index (χ0v) is 16.0. The smallest absolute Gasteiger partial charge is 0.311 e. The number of Topliss-reactive ketones (excluding diaryl/α,β-unsaturated/α-hetero) is 1. The van der Waals surface area contributed by atoms with Crippen molar-refractivity contribution in [1.82, 2.24) is 0 Å². The molecule has 1 heterocycles. The number of amides is 1. The SMILES string of the molecule is Cc1ccc(N2C[C@@H](C(=O)OCC(=O)c3ccc(Cl)cc3)CC2=O)c(C)c1. The van der Waals surface area contributed by atoms with Crippen LogP contribution >= 0.6 is 11.6 Å². The normalized spacial score (nSPS) is 16.5. The Hall–Kier alpha value is -2.66. The summed E-state index contributed by atoms with van der Waals surface area (Å²) in [5, 5.41) is 0.527. The summed E-state index contributed by atoms with van der Waals surface area (Å²) in [5.41, 5.74) is 3.32. The minimum atomic E-state index is -0.573. The van der Waals surface area contributed by atoms with E-state index in [0.29, 0.717) is 10.6 Å². The van der Waals surface area contributed by atoms with E-state index in [1.165, 1.54) is 0 Å². The number of hydrogen-bond acceptors (Lipinski definition) is 4. The van der Waals surface area contributed by atoms with Crippen molar-refractivity contribution in [2.24, 2.45) is 5.92 Å². The summed E-state index contributed by atoms with van der Waals surface area (Å²) in [5.74, 6) is -1.53. The largest absolute Gasteiger partial charge is 0.457 e. The van der Waals surface area contributed by atoms with Gasteiger partial charge in [-0.3, -0.25) is 14.4 Å². The fourth-order valence-corrected chi connectivity index (χ4v) is 3.31. The highest BCUT2D eigenvalue weighted by molar-refractivity contribution is 6.30. The van der Waals surface area contributed by atoms with Gasteiger partial charge in [-0.05, 0) is 49.7 Å². The van der Waals surface area contributed by atoms with Gasteiger partial charge in [0.2, 0.25) is 5.91 Å². The monoisotopic (exact) mass is 385 g/mol. The molecule has 5 nitrogen and oxygen atoms in total. The Balaban J connectivity index is 1.60. The van der Waals surface area contributed by atoms with Crippen LogP contribution < -0.4 is 4.90 Å². The van der Waals surface area contributed by atoms with Gasteiger partial charge in [0.05, 0.1) is 5.92 Å². The second-order valence-corrected chi connectivity index (χ2v) is 7.17. The Kier molecular flexibility index (Phi) is 5.61. The van der Waals surface area contributed by atoms with E-state index < -0.39 is 11.9 Å². The third kappa shape index (κ3) is 4.37. The molecule has 0 unspecified atom stereocenters. The van der Waals surface area contributed by atoms with Gasteiger partial charge in [-0.2, -0.15) is 0 Å². The minimum absolute atomic E-state index is 0.0846. The van der Waals surface area contributed by atoms with E-state index >= 15 is 0 Å². The highest BCUT2D eigenvalue weighted by Gasteiger charge is 2.36. The van der Waals surface area contributed by atoms with Crippen LogP contribution in [0.15, 0.2) is 42.5 Å². The van der Waals surface area contributed by atoms with E-state index in [0.717, 1.165) is 16.8 Å². The molecule has 2 aromatic rings. The van der Waals surface area contributed by atoms with Gasteiger partial charge in [0.15, 0.2) is 12.4 Å². The first kappa shape index (κ1) is 19.1. The van der Waals surface area contributed by atoms with Gasteiger partial charge < -0.3 is 9.64 Å². The van der Waals surface area contributed by atoms with Crippen LogP contribution in [0.2, 0.25) is 5.02 Å². The predicted octanol–water partition coefficient (Wildman–Crippen LogP) is 3.74. The molecular formula is C21H20ClNO4. The van der Waals surface area contributed by atoms with Gasteiger partial charge in [0.1, 0.15) is 0 Å². The number of ketones is 1. The fourth-order valence-electron chi connectivity index (χ4n) is 3.18. The van der Waals surface area contributed by atoms with Crippen LogP contribution in [0.1, 0.15) is 27.9 Å². The van der Waals surface area contributed by atoms with E-state index in [1.54, 1.807) is 29.2 Å². The van der Waals surface area contributed by atoms with Crippen molar-refractivity contribution in [2.45, 2.75) is 20.3 Å². The summed E-state index contributed by atoms with van der Waals surface area (Å²) < 4.78 is 5.15. The molecule has 2 aromatic carbocycles. The molecule has 140 valence electrons. The van der Waals surface area contributed by atoms with Gasteiger partial charge in [-0.25, -0.2) is 0 Å². The van der Waals surface area contributed by atoms with Gasteiger partial charge in [0, 0.05) is 29.2 Å². The number of carbonyl (C=O) groups is 3. The van der Waals surface area contributed by atoms with Crippen molar-refractivity contribution < 1.29 is 19.1 Å². The van der Waals surface area contributed by atoms with E-state index in [9.17, 15) is 14.4 Å². The van der Waals surface area contributed by atoms with Crippen LogP contribution in [-0.4, -0.2) is 30.8 Å². The first-order valence-electron chi connectivity index (χ1n) is 8.68. The van der Waals surface area contributed by atoms with Crippen molar-refractivity contribution in [3.63, 3.8) is 0 Å². The van der Waals surface area contributed by atoms with Crippen LogP contribution in [0.25, 0.3) is 0 Å². The number of nitrogens with zero attached hydrogens (tertiary/aromatic N) is 1. The van der Waals surface area contributed by atoms with Crippen molar-refractivity contribution in [3.8, 4) is 0 Å². The maximum Gasteiger partial charge on any atom is 0.311 e. The number of halogens is 1. The van der Waals surface area contributed by atoms with Crippen molar-refractivity contribution >= 4 is 34.9 Å². The number of rotatable bonds is 5.